The van der Waals surface area contributed by atoms with E-state index in [1.165, 1.54) is 57.8 Å². The maximum absolute atomic E-state index is 14.0. The Morgan fingerprint density at radius 2 is 0.835 bits per heavy atom. The van der Waals surface area contributed by atoms with Gasteiger partial charge in [0.2, 0.25) is 0 Å². The minimum absolute atomic E-state index is 0.0451. The van der Waals surface area contributed by atoms with Crippen molar-refractivity contribution < 1.29 is 113 Å². The van der Waals surface area contributed by atoms with Gasteiger partial charge in [-0.15, -0.1) is 0 Å². The maximum Gasteiger partial charge on any atom is 0.472 e. The molecule has 2 saturated heterocycles. The van der Waals surface area contributed by atoms with E-state index in [4.69, 9.17) is 37.5 Å². The molecule has 16 atom stereocenters. The van der Waals surface area contributed by atoms with Crippen molar-refractivity contribution >= 4 is 19.8 Å². The number of ether oxygens (including phenoxy) is 6. The van der Waals surface area contributed by atoms with Gasteiger partial charge in [-0.25, -0.2) is 4.57 Å². The van der Waals surface area contributed by atoms with E-state index >= 15 is 0 Å². The Morgan fingerprint density at radius 3 is 1.27 bits per heavy atom. The number of rotatable bonds is 42. The molecule has 16 unspecified atom stereocenters. The molecule has 3 rings (SSSR count). The zero-order valence-corrected chi connectivity index (χ0v) is 47.5. The molecule has 0 bridgehead atoms. The molecule has 2 aliphatic heterocycles. The molecule has 0 aromatic rings. The summed E-state index contributed by atoms with van der Waals surface area (Å²) >= 11 is 0. The molecule has 462 valence electrons. The largest absolute Gasteiger partial charge is 0.472 e. The first-order valence-electron chi connectivity index (χ1n) is 29.2. The third-order valence-corrected chi connectivity index (χ3v) is 15.5. The number of carbonyl (C=O) groups is 2. The zero-order chi connectivity index (χ0) is 58.2. The first kappa shape index (κ1) is 71.2. The summed E-state index contributed by atoms with van der Waals surface area (Å²) in [6.45, 7) is 0.958. The summed E-state index contributed by atoms with van der Waals surface area (Å²) in [6.07, 6.45) is -1.17. The van der Waals surface area contributed by atoms with E-state index in [1.807, 2.05) is 0 Å². The molecule has 0 amide bonds. The lowest BCUT2D eigenvalue weighted by Crippen LogP contribution is -2.69. The van der Waals surface area contributed by atoms with E-state index in [0.29, 0.717) is 19.3 Å². The molecule has 0 aromatic heterocycles. The van der Waals surface area contributed by atoms with Gasteiger partial charge in [0, 0.05) is 12.8 Å². The molecule has 12 N–H and O–H groups in total. The SMILES string of the molecule is CCCCCC/C=C\CCCCCCCCCC(=O)OCC(COP(=O)(O)OC1C(OC2OC(CO)C(O)C(O)C2O)C(O)C(O)C(O)C1OC1OC(CO)C(O)C(O)C1O)OC(=O)CCCCC/C=C\CCCCCCCC. The van der Waals surface area contributed by atoms with Gasteiger partial charge in [0.15, 0.2) is 18.7 Å². The predicted octanol–water partition coefficient (Wildman–Crippen LogP) is 3.70. The number of aliphatic hydroxyl groups is 11. The monoisotopic (exact) mass is 1160 g/mol. The molecule has 24 heteroatoms. The van der Waals surface area contributed by atoms with Crippen LogP contribution in [0.25, 0.3) is 0 Å². The van der Waals surface area contributed by atoms with Crippen LogP contribution in [-0.2, 0) is 51.6 Å². The minimum atomic E-state index is -5.64. The molecular weight excluding hydrogens is 1060 g/mol. The second-order valence-electron chi connectivity index (χ2n) is 21.2. The summed E-state index contributed by atoms with van der Waals surface area (Å²) in [4.78, 5) is 37.5. The Kier molecular flexibility index (Phi) is 36.3. The number of allylic oxidation sites excluding steroid dienone is 4. The van der Waals surface area contributed by atoms with Gasteiger partial charge in [-0.3, -0.25) is 18.6 Å². The lowest BCUT2D eigenvalue weighted by molar-refractivity contribution is -0.360. The third kappa shape index (κ3) is 26.2. The topological polar surface area (TPSA) is 368 Å². The first-order valence-corrected chi connectivity index (χ1v) is 30.7. The van der Waals surface area contributed by atoms with Crippen LogP contribution in [0.5, 0.6) is 0 Å². The van der Waals surface area contributed by atoms with Crippen molar-refractivity contribution in [1.82, 2.24) is 0 Å². The summed E-state index contributed by atoms with van der Waals surface area (Å²) in [5.41, 5.74) is 0. The van der Waals surface area contributed by atoms with E-state index in [-0.39, 0.29) is 12.8 Å². The van der Waals surface area contributed by atoms with Crippen molar-refractivity contribution in [1.29, 1.82) is 0 Å². The summed E-state index contributed by atoms with van der Waals surface area (Å²) in [6, 6.07) is 0. The summed E-state index contributed by atoms with van der Waals surface area (Å²) in [5, 5.41) is 117. The van der Waals surface area contributed by atoms with E-state index < -0.39 is 150 Å². The fourth-order valence-electron chi connectivity index (χ4n) is 9.58. The molecule has 1 saturated carbocycles. The van der Waals surface area contributed by atoms with Crippen molar-refractivity contribution in [2.75, 3.05) is 26.4 Å². The van der Waals surface area contributed by atoms with Gasteiger partial charge in [-0.05, 0) is 64.2 Å². The molecule has 3 aliphatic rings. The Labute approximate surface area is 466 Å². The highest BCUT2D eigenvalue weighted by molar-refractivity contribution is 7.47. The van der Waals surface area contributed by atoms with Gasteiger partial charge in [-0.1, -0.05) is 128 Å². The van der Waals surface area contributed by atoms with Gasteiger partial charge >= 0.3 is 19.8 Å². The molecule has 1 aliphatic carbocycles. The maximum atomic E-state index is 14.0. The molecule has 2 heterocycles. The Morgan fingerprint density at radius 1 is 0.468 bits per heavy atom. The highest BCUT2D eigenvalue weighted by Gasteiger charge is 2.58. The smallest absolute Gasteiger partial charge is 0.462 e. The van der Waals surface area contributed by atoms with Gasteiger partial charge in [0.25, 0.3) is 0 Å². The number of phosphoric ester groups is 1. The standard InChI is InChI=1S/C55H99O23P/c1-3-5-7-9-11-13-15-17-18-20-21-23-25-27-29-31-40(58)71-35-37(73-41(59)32-30-28-26-24-22-19-16-14-12-10-8-6-4-2)36-72-79(69,70)78-53-51(76-54-49(67)44(62)42(60)38(33-56)74-54)47(65)46(64)48(66)52(53)77-55-50(68)45(63)43(61)39(34-57)75-55/h13,15,19,22,37-39,42-57,60-68H,3-12,14,16-18,20-21,23-36H2,1-2H3,(H,69,70)/b15-13-,22-19-. The van der Waals surface area contributed by atoms with Crippen LogP contribution in [0.4, 0.5) is 0 Å². The van der Waals surface area contributed by atoms with Crippen molar-refractivity contribution in [2.45, 2.75) is 285 Å². The molecule has 0 aromatic carbocycles. The van der Waals surface area contributed by atoms with Crippen LogP contribution >= 0.6 is 7.82 Å². The molecule has 23 nitrogen and oxygen atoms in total. The van der Waals surface area contributed by atoms with Crippen molar-refractivity contribution in [3.05, 3.63) is 24.3 Å². The number of aliphatic hydroxyl groups excluding tert-OH is 11. The van der Waals surface area contributed by atoms with Gasteiger partial charge in [-0.2, -0.15) is 0 Å². The molecule has 0 radical (unpaired) electrons. The number of carbonyl (C=O) groups excluding carboxylic acids is 2. The first-order chi connectivity index (χ1) is 37.9. The van der Waals surface area contributed by atoms with E-state index in [1.54, 1.807) is 0 Å². The zero-order valence-electron chi connectivity index (χ0n) is 46.6. The van der Waals surface area contributed by atoms with Crippen LogP contribution in [0.1, 0.15) is 181 Å². The number of esters is 2. The van der Waals surface area contributed by atoms with Crippen molar-refractivity contribution in [2.24, 2.45) is 0 Å². The Hall–Kier alpha value is -2.07. The minimum Gasteiger partial charge on any atom is -0.462 e. The van der Waals surface area contributed by atoms with Crippen LogP contribution in [0.15, 0.2) is 24.3 Å². The number of unbranched alkanes of at least 4 members (excludes halogenated alkanes) is 20. The number of phosphoric acid groups is 1. The quantitative estimate of drug-likeness (QED) is 0.0179. The number of hydrogen-bond acceptors (Lipinski definition) is 22. The van der Waals surface area contributed by atoms with Gasteiger partial charge < -0.3 is 89.5 Å². The molecule has 3 fully saturated rings. The van der Waals surface area contributed by atoms with E-state index in [9.17, 15) is 75.2 Å². The van der Waals surface area contributed by atoms with Crippen LogP contribution in [-0.4, -0.2) is 204 Å². The predicted molar refractivity (Wildman–Crippen MR) is 286 cm³/mol. The van der Waals surface area contributed by atoms with Crippen molar-refractivity contribution in [3.8, 4) is 0 Å². The summed E-state index contributed by atoms with van der Waals surface area (Å²) < 4.78 is 58.0. The van der Waals surface area contributed by atoms with Crippen LogP contribution in [0, 0.1) is 0 Å². The molecule has 79 heavy (non-hydrogen) atoms. The normalized spacial score (nSPS) is 31.6. The third-order valence-electron chi connectivity index (χ3n) is 14.5. The number of hydrogen-bond donors (Lipinski definition) is 12. The fraction of sp³-hybridized carbons (Fsp3) is 0.891. The average Bonchev–Trinajstić information content (AvgIpc) is 3.57. The van der Waals surface area contributed by atoms with Crippen LogP contribution in [0.2, 0.25) is 0 Å². The second-order valence-corrected chi connectivity index (χ2v) is 22.6. The Bertz CT molecular complexity index is 1670. The summed E-state index contributed by atoms with van der Waals surface area (Å²) in [7, 11) is -5.64. The summed E-state index contributed by atoms with van der Waals surface area (Å²) in [5.74, 6) is -1.36. The van der Waals surface area contributed by atoms with E-state index in [2.05, 4.69) is 38.2 Å². The highest BCUT2D eigenvalue weighted by atomic mass is 31.2. The van der Waals surface area contributed by atoms with Crippen LogP contribution < -0.4 is 0 Å². The van der Waals surface area contributed by atoms with Crippen LogP contribution in [0.3, 0.4) is 0 Å². The second kappa shape index (κ2) is 40.2. The average molecular weight is 1160 g/mol. The lowest BCUT2D eigenvalue weighted by Gasteiger charge is -2.49. The van der Waals surface area contributed by atoms with Gasteiger partial charge in [0.1, 0.15) is 92.1 Å². The molecular formula is C55H99O23P. The van der Waals surface area contributed by atoms with E-state index in [0.717, 1.165) is 77.0 Å². The Balaban J connectivity index is 1.71. The van der Waals surface area contributed by atoms with Crippen molar-refractivity contribution in [3.63, 3.8) is 0 Å². The molecule has 0 spiro atoms. The fourth-order valence-corrected chi connectivity index (χ4v) is 10.5. The van der Waals surface area contributed by atoms with Gasteiger partial charge in [0.05, 0.1) is 19.8 Å². The highest BCUT2D eigenvalue weighted by Crippen LogP contribution is 2.49. The lowest BCUT2D eigenvalue weighted by atomic mass is 9.84.